The molecule has 20 heavy (non-hydrogen) atoms. The predicted octanol–water partition coefficient (Wildman–Crippen LogP) is 3.63. The Morgan fingerprint density at radius 2 is 2.10 bits per heavy atom. The smallest absolute Gasteiger partial charge is 0.271 e. The number of aryl methyl sites for hydroxylation is 1. The number of hydrogen-bond donors (Lipinski definition) is 2. The largest absolute Gasteiger partial charge is 0.443 e. The second-order valence-corrected chi connectivity index (χ2v) is 6.28. The number of nitrogens with zero attached hydrogens (tertiary/aromatic N) is 1. The third kappa shape index (κ3) is 3.13. The summed E-state index contributed by atoms with van der Waals surface area (Å²) in [7, 11) is 0. The van der Waals surface area contributed by atoms with Crippen LogP contribution in [0.4, 0.5) is 13.2 Å². The Bertz CT molecular complexity index is 612. The lowest BCUT2D eigenvalue weighted by atomic mass is 10.0. The van der Waals surface area contributed by atoms with Crippen LogP contribution in [0.3, 0.4) is 0 Å². The molecule has 8 heteroatoms. The van der Waals surface area contributed by atoms with Gasteiger partial charge in [-0.3, -0.25) is 5.84 Å². The van der Waals surface area contributed by atoms with Crippen LogP contribution in [0, 0.1) is 10.5 Å². The summed E-state index contributed by atoms with van der Waals surface area (Å²) in [6, 6.07) is 5.12. The van der Waals surface area contributed by atoms with E-state index in [1.54, 1.807) is 0 Å². The molecule has 0 fully saturated rings. The molecule has 1 unspecified atom stereocenters. The van der Waals surface area contributed by atoms with Crippen molar-refractivity contribution >= 4 is 33.9 Å². The van der Waals surface area contributed by atoms with E-state index in [1.165, 1.54) is 6.20 Å². The highest BCUT2D eigenvalue weighted by molar-refractivity contribution is 14.1. The Hall–Kier alpha value is -0.710. The van der Waals surface area contributed by atoms with Gasteiger partial charge < -0.3 is 0 Å². The fourth-order valence-corrected chi connectivity index (χ4v) is 3.30. The molecule has 3 nitrogen and oxygen atoms in total. The van der Waals surface area contributed by atoms with Gasteiger partial charge in [0.1, 0.15) is 0 Å². The topological polar surface area (TPSA) is 50.9 Å². The van der Waals surface area contributed by atoms with Crippen molar-refractivity contribution in [2.45, 2.75) is 19.1 Å². The van der Waals surface area contributed by atoms with Gasteiger partial charge in [0, 0.05) is 14.6 Å². The van der Waals surface area contributed by atoms with Crippen LogP contribution in [-0.4, -0.2) is 4.98 Å². The van der Waals surface area contributed by atoms with Crippen molar-refractivity contribution in [3.8, 4) is 0 Å². The van der Waals surface area contributed by atoms with Crippen molar-refractivity contribution in [2.75, 3.05) is 0 Å². The van der Waals surface area contributed by atoms with Gasteiger partial charge in [-0.15, -0.1) is 11.3 Å². The maximum absolute atomic E-state index is 12.6. The van der Waals surface area contributed by atoms with Crippen molar-refractivity contribution in [3.63, 3.8) is 0 Å². The molecule has 1 aromatic carbocycles. The van der Waals surface area contributed by atoms with E-state index in [0.29, 0.717) is 16.2 Å². The van der Waals surface area contributed by atoms with Crippen molar-refractivity contribution in [2.24, 2.45) is 5.84 Å². The number of nitrogens with one attached hydrogen (secondary N) is 1. The molecule has 0 saturated carbocycles. The van der Waals surface area contributed by atoms with Gasteiger partial charge in [-0.05, 0) is 40.6 Å². The Morgan fingerprint density at radius 1 is 1.40 bits per heavy atom. The first-order valence-corrected chi connectivity index (χ1v) is 7.48. The van der Waals surface area contributed by atoms with Gasteiger partial charge in [-0.25, -0.2) is 10.4 Å². The first-order chi connectivity index (χ1) is 9.34. The number of nitrogens with two attached hydrogens (primary N) is 1. The highest BCUT2D eigenvalue weighted by Crippen LogP contribution is 2.36. The van der Waals surface area contributed by atoms with Crippen LogP contribution >= 0.6 is 33.9 Å². The van der Waals surface area contributed by atoms with Gasteiger partial charge >= 0.3 is 6.18 Å². The maximum atomic E-state index is 12.6. The predicted molar refractivity (Wildman–Crippen MR) is 80.2 cm³/mol. The number of thiazole rings is 1. The van der Waals surface area contributed by atoms with Crippen molar-refractivity contribution < 1.29 is 13.2 Å². The molecule has 2 aromatic rings. The highest BCUT2D eigenvalue weighted by Gasteiger charge is 2.35. The van der Waals surface area contributed by atoms with Crippen molar-refractivity contribution in [1.82, 2.24) is 10.4 Å². The summed E-state index contributed by atoms with van der Waals surface area (Å²) in [6.07, 6.45) is -3.21. The van der Waals surface area contributed by atoms with Crippen LogP contribution in [0.2, 0.25) is 0 Å². The van der Waals surface area contributed by atoms with Gasteiger partial charge in [0.15, 0.2) is 5.01 Å². The third-order valence-corrected chi connectivity index (χ3v) is 5.33. The monoisotopic (exact) mass is 413 g/mol. The molecule has 0 saturated heterocycles. The number of hydrazine groups is 1. The summed E-state index contributed by atoms with van der Waals surface area (Å²) in [5.74, 6) is 5.52. The maximum Gasteiger partial charge on any atom is 0.443 e. The van der Waals surface area contributed by atoms with E-state index in [4.69, 9.17) is 5.84 Å². The third-order valence-electron chi connectivity index (χ3n) is 2.75. The summed E-state index contributed by atoms with van der Waals surface area (Å²) in [4.78, 5) is 3.86. The number of aromatic nitrogens is 1. The zero-order valence-electron chi connectivity index (χ0n) is 10.3. The van der Waals surface area contributed by atoms with E-state index in [0.717, 1.165) is 14.7 Å². The quantitative estimate of drug-likeness (QED) is 0.459. The summed E-state index contributed by atoms with van der Waals surface area (Å²) in [6.45, 7) is 1.94. The molecule has 2 rings (SSSR count). The summed E-state index contributed by atoms with van der Waals surface area (Å²) in [5, 5.41) is -0.865. The summed E-state index contributed by atoms with van der Waals surface area (Å²) >= 11 is 2.76. The summed E-state index contributed by atoms with van der Waals surface area (Å²) in [5.41, 5.74) is 4.45. The second-order valence-electron chi connectivity index (χ2n) is 4.14. The highest BCUT2D eigenvalue weighted by atomic mass is 127. The van der Waals surface area contributed by atoms with Crippen LogP contribution in [-0.2, 0) is 6.18 Å². The standard InChI is InChI=1S/C12H11F3IN3S/c1-6-3-2-4-7(9(6)16)10(19-17)8-5-18-11(20-8)12(13,14)15/h2-5,10,19H,17H2,1H3. The Labute approximate surface area is 131 Å². The molecule has 0 radical (unpaired) electrons. The van der Waals surface area contributed by atoms with Crippen molar-refractivity contribution in [3.05, 3.63) is 49.0 Å². The molecular weight excluding hydrogens is 402 g/mol. The van der Waals surface area contributed by atoms with Crippen LogP contribution in [0.15, 0.2) is 24.4 Å². The van der Waals surface area contributed by atoms with Gasteiger partial charge in [-0.1, -0.05) is 18.2 Å². The summed E-state index contributed by atoms with van der Waals surface area (Å²) < 4.78 is 38.8. The fraction of sp³-hybridized carbons (Fsp3) is 0.250. The Balaban J connectivity index is 2.43. The van der Waals surface area contributed by atoms with E-state index < -0.39 is 17.2 Å². The minimum Gasteiger partial charge on any atom is -0.271 e. The van der Waals surface area contributed by atoms with Crippen LogP contribution in [0.1, 0.15) is 27.1 Å². The number of alkyl halides is 3. The van der Waals surface area contributed by atoms with Crippen LogP contribution in [0.25, 0.3) is 0 Å². The second kappa shape index (κ2) is 5.96. The van der Waals surface area contributed by atoms with Crippen LogP contribution < -0.4 is 11.3 Å². The number of benzene rings is 1. The van der Waals surface area contributed by atoms with E-state index in [1.807, 2.05) is 25.1 Å². The van der Waals surface area contributed by atoms with Gasteiger partial charge in [0.2, 0.25) is 0 Å². The molecular formula is C12H11F3IN3S. The zero-order chi connectivity index (χ0) is 14.9. The molecule has 1 atom stereocenters. The molecule has 3 N–H and O–H groups in total. The molecule has 0 amide bonds. The normalized spacial score (nSPS) is 13.5. The lowest BCUT2D eigenvalue weighted by Gasteiger charge is -2.17. The van der Waals surface area contributed by atoms with E-state index in [9.17, 15) is 13.2 Å². The molecule has 1 heterocycles. The minimum atomic E-state index is -4.43. The average Bonchev–Trinajstić information content (AvgIpc) is 2.85. The van der Waals surface area contributed by atoms with E-state index in [2.05, 4.69) is 33.0 Å². The van der Waals surface area contributed by atoms with Crippen molar-refractivity contribution in [1.29, 1.82) is 0 Å². The van der Waals surface area contributed by atoms with E-state index in [-0.39, 0.29) is 0 Å². The van der Waals surface area contributed by atoms with Crippen LogP contribution in [0.5, 0.6) is 0 Å². The fourth-order valence-electron chi connectivity index (χ4n) is 1.77. The van der Waals surface area contributed by atoms with Gasteiger partial charge in [-0.2, -0.15) is 13.2 Å². The molecule has 108 valence electrons. The molecule has 0 aliphatic heterocycles. The Morgan fingerprint density at radius 3 is 2.65 bits per heavy atom. The average molecular weight is 413 g/mol. The molecule has 0 bridgehead atoms. The van der Waals surface area contributed by atoms with Gasteiger partial charge in [0.05, 0.1) is 6.04 Å². The minimum absolute atomic E-state index is 0.434. The Kier molecular flexibility index (Phi) is 4.67. The SMILES string of the molecule is Cc1cccc(C(NN)c2cnc(C(F)(F)F)s2)c1I. The molecule has 1 aromatic heterocycles. The lowest BCUT2D eigenvalue weighted by Crippen LogP contribution is -2.29. The van der Waals surface area contributed by atoms with Gasteiger partial charge in [0.25, 0.3) is 0 Å². The zero-order valence-corrected chi connectivity index (χ0v) is 13.3. The first kappa shape index (κ1) is 15.7. The number of halogens is 4. The number of hydrogen-bond acceptors (Lipinski definition) is 4. The number of rotatable bonds is 3. The van der Waals surface area contributed by atoms with E-state index >= 15 is 0 Å². The molecule has 0 aliphatic carbocycles. The lowest BCUT2D eigenvalue weighted by molar-refractivity contribution is -0.137. The first-order valence-electron chi connectivity index (χ1n) is 5.58. The molecule has 0 aliphatic rings. The molecule has 0 spiro atoms.